The van der Waals surface area contributed by atoms with Crippen LogP contribution >= 0.6 is 0 Å². The normalized spacial score (nSPS) is 22.9. The lowest BCUT2D eigenvalue weighted by Gasteiger charge is -2.52. The standard InChI is InChI=1S/C15H22N2O/c16-9-13-3-1-2-4-14(13)10-17-11-15(12-17)5-7-18-8-6-15/h1-4H,5-12,16H2. The molecule has 3 heteroatoms. The summed E-state index contributed by atoms with van der Waals surface area (Å²) in [7, 11) is 0. The smallest absolute Gasteiger partial charge is 0.0472 e. The summed E-state index contributed by atoms with van der Waals surface area (Å²) < 4.78 is 5.46. The lowest BCUT2D eigenvalue weighted by Crippen LogP contribution is -2.57. The van der Waals surface area contributed by atoms with E-state index in [1.807, 2.05) is 0 Å². The second kappa shape index (κ2) is 5.00. The molecule has 0 aliphatic carbocycles. The molecule has 0 aromatic heterocycles. The summed E-state index contributed by atoms with van der Waals surface area (Å²) in [5.41, 5.74) is 9.03. The molecule has 2 saturated heterocycles. The molecule has 3 nitrogen and oxygen atoms in total. The second-order valence-corrected chi connectivity index (χ2v) is 5.73. The fraction of sp³-hybridized carbons (Fsp3) is 0.600. The first kappa shape index (κ1) is 12.2. The SMILES string of the molecule is NCc1ccccc1CN1CC2(CCOCC2)C1. The summed E-state index contributed by atoms with van der Waals surface area (Å²) >= 11 is 0. The molecule has 0 radical (unpaired) electrons. The number of rotatable bonds is 3. The van der Waals surface area contributed by atoms with Crippen molar-refractivity contribution in [2.24, 2.45) is 11.1 Å². The lowest BCUT2D eigenvalue weighted by molar-refractivity contribution is -0.0839. The summed E-state index contributed by atoms with van der Waals surface area (Å²) in [6.45, 7) is 6.06. The number of hydrogen-bond donors (Lipinski definition) is 1. The third kappa shape index (κ3) is 2.30. The van der Waals surface area contributed by atoms with Crippen molar-refractivity contribution in [3.63, 3.8) is 0 Å². The highest BCUT2D eigenvalue weighted by molar-refractivity contribution is 5.27. The van der Waals surface area contributed by atoms with Crippen LogP contribution in [0.25, 0.3) is 0 Å². The van der Waals surface area contributed by atoms with Crippen molar-refractivity contribution in [3.05, 3.63) is 35.4 Å². The molecule has 2 heterocycles. The maximum atomic E-state index is 5.79. The van der Waals surface area contributed by atoms with E-state index in [1.54, 1.807) is 0 Å². The summed E-state index contributed by atoms with van der Waals surface area (Å²) in [5.74, 6) is 0. The van der Waals surface area contributed by atoms with Gasteiger partial charge in [0.1, 0.15) is 0 Å². The molecule has 18 heavy (non-hydrogen) atoms. The molecule has 0 bridgehead atoms. The topological polar surface area (TPSA) is 38.5 Å². The highest BCUT2D eigenvalue weighted by Gasteiger charge is 2.43. The molecule has 2 fully saturated rings. The first-order valence-electron chi connectivity index (χ1n) is 6.88. The average Bonchev–Trinajstić information content (AvgIpc) is 2.39. The Balaban J connectivity index is 1.59. The lowest BCUT2D eigenvalue weighted by atomic mass is 9.73. The Hall–Kier alpha value is -0.900. The minimum Gasteiger partial charge on any atom is -0.381 e. The Labute approximate surface area is 109 Å². The summed E-state index contributed by atoms with van der Waals surface area (Å²) in [5, 5.41) is 0. The van der Waals surface area contributed by atoms with Gasteiger partial charge in [-0.1, -0.05) is 24.3 Å². The van der Waals surface area contributed by atoms with Crippen LogP contribution in [0.3, 0.4) is 0 Å². The predicted octanol–water partition coefficient (Wildman–Crippen LogP) is 1.76. The maximum absolute atomic E-state index is 5.79. The summed E-state index contributed by atoms with van der Waals surface area (Å²) in [6.07, 6.45) is 2.48. The molecule has 98 valence electrons. The molecule has 0 saturated carbocycles. The van der Waals surface area contributed by atoms with Gasteiger partial charge in [-0.15, -0.1) is 0 Å². The van der Waals surface area contributed by atoms with Gasteiger partial charge in [-0.3, -0.25) is 4.90 Å². The number of benzene rings is 1. The molecule has 1 spiro atoms. The second-order valence-electron chi connectivity index (χ2n) is 5.73. The van der Waals surface area contributed by atoms with Crippen molar-refractivity contribution in [2.75, 3.05) is 26.3 Å². The number of hydrogen-bond acceptors (Lipinski definition) is 3. The average molecular weight is 246 g/mol. The molecule has 0 amide bonds. The highest BCUT2D eigenvalue weighted by Crippen LogP contribution is 2.40. The molecule has 3 rings (SSSR count). The molecular formula is C15H22N2O. The van der Waals surface area contributed by atoms with Crippen LogP contribution in [0.15, 0.2) is 24.3 Å². The van der Waals surface area contributed by atoms with Crippen LogP contribution in [-0.2, 0) is 17.8 Å². The third-order valence-corrected chi connectivity index (χ3v) is 4.40. The van der Waals surface area contributed by atoms with Gasteiger partial charge in [0, 0.05) is 44.8 Å². The summed E-state index contributed by atoms with van der Waals surface area (Å²) in [4.78, 5) is 2.54. The number of ether oxygens (including phenoxy) is 1. The van der Waals surface area contributed by atoms with Gasteiger partial charge < -0.3 is 10.5 Å². The van der Waals surface area contributed by atoms with E-state index >= 15 is 0 Å². The molecule has 2 aliphatic heterocycles. The van der Waals surface area contributed by atoms with Crippen LogP contribution in [0, 0.1) is 5.41 Å². The van der Waals surface area contributed by atoms with Crippen LogP contribution in [0.1, 0.15) is 24.0 Å². The van der Waals surface area contributed by atoms with Crippen molar-refractivity contribution in [3.8, 4) is 0 Å². The van der Waals surface area contributed by atoms with Gasteiger partial charge in [-0.25, -0.2) is 0 Å². The number of likely N-dealkylation sites (tertiary alicyclic amines) is 1. The van der Waals surface area contributed by atoms with E-state index in [0.29, 0.717) is 12.0 Å². The Bertz CT molecular complexity index is 405. The van der Waals surface area contributed by atoms with E-state index < -0.39 is 0 Å². The van der Waals surface area contributed by atoms with Gasteiger partial charge in [0.05, 0.1) is 0 Å². The van der Waals surface area contributed by atoms with Gasteiger partial charge >= 0.3 is 0 Å². The van der Waals surface area contributed by atoms with Gasteiger partial charge in [-0.2, -0.15) is 0 Å². The van der Waals surface area contributed by atoms with Crippen molar-refractivity contribution in [1.82, 2.24) is 4.90 Å². The van der Waals surface area contributed by atoms with Gasteiger partial charge in [0.15, 0.2) is 0 Å². The van der Waals surface area contributed by atoms with Crippen molar-refractivity contribution in [1.29, 1.82) is 0 Å². The van der Waals surface area contributed by atoms with Crippen LogP contribution in [0.4, 0.5) is 0 Å². The number of nitrogens with two attached hydrogens (primary N) is 1. The van der Waals surface area contributed by atoms with Gasteiger partial charge in [0.25, 0.3) is 0 Å². The maximum Gasteiger partial charge on any atom is 0.0472 e. The fourth-order valence-electron chi connectivity index (χ4n) is 3.29. The Morgan fingerprint density at radius 2 is 1.78 bits per heavy atom. The Morgan fingerprint density at radius 1 is 1.11 bits per heavy atom. The molecule has 0 unspecified atom stereocenters. The van der Waals surface area contributed by atoms with Crippen LogP contribution in [0.2, 0.25) is 0 Å². The monoisotopic (exact) mass is 246 g/mol. The molecule has 1 aromatic rings. The molecule has 0 atom stereocenters. The largest absolute Gasteiger partial charge is 0.381 e. The molecule has 1 aromatic carbocycles. The van der Waals surface area contributed by atoms with Crippen molar-refractivity contribution < 1.29 is 4.74 Å². The van der Waals surface area contributed by atoms with Gasteiger partial charge in [0.2, 0.25) is 0 Å². The minimum absolute atomic E-state index is 0.565. The third-order valence-electron chi connectivity index (χ3n) is 4.40. The first-order chi connectivity index (χ1) is 8.81. The number of nitrogens with zero attached hydrogens (tertiary/aromatic N) is 1. The Kier molecular flexibility index (Phi) is 3.37. The molecular weight excluding hydrogens is 224 g/mol. The van der Waals surface area contributed by atoms with Crippen LogP contribution in [0.5, 0.6) is 0 Å². The van der Waals surface area contributed by atoms with Crippen molar-refractivity contribution in [2.45, 2.75) is 25.9 Å². The van der Waals surface area contributed by atoms with Crippen LogP contribution < -0.4 is 5.73 Å². The zero-order valence-corrected chi connectivity index (χ0v) is 10.9. The van der Waals surface area contributed by atoms with E-state index in [-0.39, 0.29) is 0 Å². The van der Waals surface area contributed by atoms with E-state index in [9.17, 15) is 0 Å². The predicted molar refractivity (Wildman–Crippen MR) is 72.1 cm³/mol. The van der Waals surface area contributed by atoms with E-state index in [4.69, 9.17) is 10.5 Å². The Morgan fingerprint density at radius 3 is 2.44 bits per heavy atom. The molecule has 2 aliphatic rings. The van der Waals surface area contributed by atoms with Crippen LogP contribution in [-0.4, -0.2) is 31.2 Å². The zero-order chi connectivity index (χ0) is 12.4. The van der Waals surface area contributed by atoms with E-state index in [0.717, 1.165) is 19.8 Å². The quantitative estimate of drug-likeness (QED) is 0.883. The van der Waals surface area contributed by atoms with E-state index in [1.165, 1.54) is 37.1 Å². The van der Waals surface area contributed by atoms with E-state index in [2.05, 4.69) is 29.2 Å². The minimum atomic E-state index is 0.565. The fourth-order valence-corrected chi connectivity index (χ4v) is 3.29. The molecule has 2 N–H and O–H groups in total. The summed E-state index contributed by atoms with van der Waals surface area (Å²) in [6, 6.07) is 8.52. The van der Waals surface area contributed by atoms with Gasteiger partial charge in [-0.05, 0) is 24.0 Å². The van der Waals surface area contributed by atoms with Crippen molar-refractivity contribution >= 4 is 0 Å². The first-order valence-corrected chi connectivity index (χ1v) is 6.88. The highest BCUT2D eigenvalue weighted by atomic mass is 16.5. The zero-order valence-electron chi connectivity index (χ0n) is 10.9.